The first kappa shape index (κ1) is 17.1. The summed E-state index contributed by atoms with van der Waals surface area (Å²) in [6.45, 7) is 0.478. The summed E-state index contributed by atoms with van der Waals surface area (Å²) in [6, 6.07) is 7.51. The van der Waals surface area contributed by atoms with Crippen LogP contribution in [0.15, 0.2) is 42.6 Å². The number of anilines is 1. The summed E-state index contributed by atoms with van der Waals surface area (Å²) in [6.07, 6.45) is 8.55. The van der Waals surface area contributed by atoms with Gasteiger partial charge in [-0.1, -0.05) is 24.3 Å². The van der Waals surface area contributed by atoms with Crippen molar-refractivity contribution in [3.8, 4) is 11.5 Å². The number of aromatic nitrogens is 2. The molecule has 132 valence electrons. The number of benzene rings is 1. The third-order valence-electron chi connectivity index (χ3n) is 4.35. The third kappa shape index (κ3) is 4.02. The largest absolute Gasteiger partial charge is 0.493 e. The van der Waals surface area contributed by atoms with E-state index in [1.165, 1.54) is 0 Å². The van der Waals surface area contributed by atoms with Gasteiger partial charge in [-0.2, -0.15) is 5.10 Å². The second kappa shape index (κ2) is 7.88. The Morgan fingerprint density at radius 1 is 1.32 bits per heavy atom. The molecule has 6 heteroatoms. The molecule has 0 fully saturated rings. The van der Waals surface area contributed by atoms with Crippen molar-refractivity contribution in [3.05, 3.63) is 48.2 Å². The standard InChI is InChI=1S/C19H23N3O3/c1-24-16-9-5-8-15(19(16)25-2)13-22-17(10-11-20-22)21-18(23)12-14-6-3-4-7-14/h3,5-6,8-11,14H,4,7,12-13H2,1-2H3,(H,21,23). The van der Waals surface area contributed by atoms with Crippen LogP contribution in [0.3, 0.4) is 0 Å². The van der Waals surface area contributed by atoms with Gasteiger partial charge in [0.05, 0.1) is 27.0 Å². The van der Waals surface area contributed by atoms with Gasteiger partial charge < -0.3 is 14.8 Å². The summed E-state index contributed by atoms with van der Waals surface area (Å²) in [7, 11) is 3.22. The maximum absolute atomic E-state index is 12.3. The smallest absolute Gasteiger partial charge is 0.226 e. The molecule has 0 aliphatic heterocycles. The van der Waals surface area contributed by atoms with Crippen LogP contribution in [0.1, 0.15) is 24.8 Å². The van der Waals surface area contributed by atoms with E-state index in [0.717, 1.165) is 18.4 Å². The number of carbonyl (C=O) groups excluding carboxylic acids is 1. The second-order valence-corrected chi connectivity index (χ2v) is 6.04. The molecule has 0 bridgehead atoms. The van der Waals surface area contributed by atoms with Crippen molar-refractivity contribution < 1.29 is 14.3 Å². The van der Waals surface area contributed by atoms with E-state index in [1.54, 1.807) is 31.2 Å². The molecule has 1 aromatic carbocycles. The van der Waals surface area contributed by atoms with Gasteiger partial charge in [0.25, 0.3) is 0 Å². The molecule has 1 aliphatic rings. The fourth-order valence-corrected chi connectivity index (χ4v) is 3.10. The highest BCUT2D eigenvalue weighted by Crippen LogP contribution is 2.31. The van der Waals surface area contributed by atoms with Crippen molar-refractivity contribution in [2.75, 3.05) is 19.5 Å². The highest BCUT2D eigenvalue weighted by molar-refractivity contribution is 5.90. The number of para-hydroxylation sites is 1. The Labute approximate surface area is 147 Å². The van der Waals surface area contributed by atoms with E-state index in [0.29, 0.717) is 36.2 Å². The number of hydrogen-bond donors (Lipinski definition) is 1. The van der Waals surface area contributed by atoms with E-state index < -0.39 is 0 Å². The summed E-state index contributed by atoms with van der Waals surface area (Å²) < 4.78 is 12.5. The van der Waals surface area contributed by atoms with Gasteiger partial charge in [0.15, 0.2) is 11.5 Å². The normalized spacial score (nSPS) is 16.0. The predicted octanol–water partition coefficient (Wildman–Crippen LogP) is 3.24. The van der Waals surface area contributed by atoms with Crippen molar-refractivity contribution in [2.45, 2.75) is 25.8 Å². The highest BCUT2D eigenvalue weighted by Gasteiger charge is 2.16. The summed E-state index contributed by atoms with van der Waals surface area (Å²) in [5, 5.41) is 7.28. The van der Waals surface area contributed by atoms with Crippen LogP contribution in [-0.2, 0) is 11.3 Å². The van der Waals surface area contributed by atoms with Crippen LogP contribution in [0.5, 0.6) is 11.5 Å². The molecule has 0 saturated carbocycles. The number of hydrogen-bond acceptors (Lipinski definition) is 4. The van der Waals surface area contributed by atoms with Crippen LogP contribution in [0.4, 0.5) is 5.82 Å². The molecule has 1 unspecified atom stereocenters. The number of rotatable bonds is 7. The zero-order valence-electron chi connectivity index (χ0n) is 14.6. The molecule has 1 aromatic heterocycles. The minimum absolute atomic E-state index is 0.0101. The van der Waals surface area contributed by atoms with E-state index in [4.69, 9.17) is 9.47 Å². The first-order valence-corrected chi connectivity index (χ1v) is 8.39. The summed E-state index contributed by atoms with van der Waals surface area (Å²) >= 11 is 0. The van der Waals surface area contributed by atoms with Crippen LogP contribution in [-0.4, -0.2) is 29.9 Å². The zero-order chi connectivity index (χ0) is 17.6. The van der Waals surface area contributed by atoms with Gasteiger partial charge in [0.1, 0.15) is 5.82 Å². The molecule has 1 atom stereocenters. The first-order valence-electron chi connectivity index (χ1n) is 8.39. The quantitative estimate of drug-likeness (QED) is 0.785. The van der Waals surface area contributed by atoms with Crippen molar-refractivity contribution in [1.82, 2.24) is 9.78 Å². The van der Waals surface area contributed by atoms with E-state index in [9.17, 15) is 4.79 Å². The number of ether oxygens (including phenoxy) is 2. The van der Waals surface area contributed by atoms with Gasteiger partial charge in [-0.3, -0.25) is 4.79 Å². The highest BCUT2D eigenvalue weighted by atomic mass is 16.5. The molecule has 0 radical (unpaired) electrons. The topological polar surface area (TPSA) is 65.4 Å². The number of amides is 1. The van der Waals surface area contributed by atoms with Crippen LogP contribution < -0.4 is 14.8 Å². The van der Waals surface area contributed by atoms with Crippen molar-refractivity contribution in [2.24, 2.45) is 5.92 Å². The summed E-state index contributed by atoms with van der Waals surface area (Å²) in [5.74, 6) is 2.38. The molecule has 1 heterocycles. The minimum Gasteiger partial charge on any atom is -0.493 e. The Morgan fingerprint density at radius 2 is 2.20 bits per heavy atom. The summed E-state index contributed by atoms with van der Waals surface area (Å²) in [4.78, 5) is 12.3. The van der Waals surface area contributed by atoms with Gasteiger partial charge in [0.2, 0.25) is 5.91 Å². The van der Waals surface area contributed by atoms with Gasteiger partial charge in [-0.25, -0.2) is 4.68 Å². The van der Waals surface area contributed by atoms with E-state index in [2.05, 4.69) is 22.6 Å². The predicted molar refractivity (Wildman–Crippen MR) is 96.0 cm³/mol. The van der Waals surface area contributed by atoms with Gasteiger partial charge >= 0.3 is 0 Å². The molecule has 1 N–H and O–H groups in total. The van der Waals surface area contributed by atoms with Crippen molar-refractivity contribution >= 4 is 11.7 Å². The van der Waals surface area contributed by atoms with Gasteiger partial charge in [-0.05, 0) is 24.8 Å². The molecule has 25 heavy (non-hydrogen) atoms. The molecular weight excluding hydrogens is 318 g/mol. The number of nitrogens with zero attached hydrogens (tertiary/aromatic N) is 2. The second-order valence-electron chi connectivity index (χ2n) is 6.04. The monoisotopic (exact) mass is 341 g/mol. The first-order chi connectivity index (χ1) is 12.2. The molecule has 1 aliphatic carbocycles. The Balaban J connectivity index is 1.71. The molecule has 1 amide bonds. The van der Waals surface area contributed by atoms with Crippen LogP contribution in [0, 0.1) is 5.92 Å². The van der Waals surface area contributed by atoms with E-state index in [1.807, 2.05) is 18.2 Å². The van der Waals surface area contributed by atoms with Crippen molar-refractivity contribution in [1.29, 1.82) is 0 Å². The molecule has 6 nitrogen and oxygen atoms in total. The number of nitrogens with one attached hydrogen (secondary N) is 1. The average Bonchev–Trinajstić information content (AvgIpc) is 3.27. The lowest BCUT2D eigenvalue weighted by Crippen LogP contribution is -2.18. The average molecular weight is 341 g/mol. The summed E-state index contributed by atoms with van der Waals surface area (Å²) in [5.41, 5.74) is 0.930. The van der Waals surface area contributed by atoms with Gasteiger partial charge in [0, 0.05) is 18.1 Å². The lowest BCUT2D eigenvalue weighted by Gasteiger charge is -2.14. The minimum atomic E-state index is 0.0101. The molecular formula is C19H23N3O3. The zero-order valence-corrected chi connectivity index (χ0v) is 14.6. The Bertz CT molecular complexity index is 767. The van der Waals surface area contributed by atoms with E-state index >= 15 is 0 Å². The molecule has 3 rings (SSSR count). The Morgan fingerprint density at radius 3 is 2.92 bits per heavy atom. The van der Waals surface area contributed by atoms with Crippen LogP contribution in [0.2, 0.25) is 0 Å². The lowest BCUT2D eigenvalue weighted by atomic mass is 10.1. The maximum atomic E-state index is 12.3. The van der Waals surface area contributed by atoms with Crippen LogP contribution in [0.25, 0.3) is 0 Å². The van der Waals surface area contributed by atoms with Gasteiger partial charge in [-0.15, -0.1) is 0 Å². The fourth-order valence-electron chi connectivity index (χ4n) is 3.10. The molecule has 0 spiro atoms. The number of carbonyl (C=O) groups is 1. The Kier molecular flexibility index (Phi) is 5.38. The number of allylic oxidation sites excluding steroid dienone is 2. The van der Waals surface area contributed by atoms with Crippen molar-refractivity contribution in [3.63, 3.8) is 0 Å². The molecule has 0 saturated heterocycles. The van der Waals surface area contributed by atoms with Crippen LogP contribution >= 0.6 is 0 Å². The lowest BCUT2D eigenvalue weighted by molar-refractivity contribution is -0.116. The molecule has 2 aromatic rings. The fraction of sp³-hybridized carbons (Fsp3) is 0.368. The number of methoxy groups -OCH3 is 2. The SMILES string of the molecule is COc1cccc(Cn2nccc2NC(=O)CC2C=CCC2)c1OC. The van der Waals surface area contributed by atoms with E-state index in [-0.39, 0.29) is 5.91 Å². The third-order valence-corrected chi connectivity index (χ3v) is 4.35. The Hall–Kier alpha value is -2.76. The maximum Gasteiger partial charge on any atom is 0.226 e.